The number of carbonyl (C=O) groups excluding carboxylic acids is 1. The molecule has 0 aromatic carbocycles. The zero-order valence-corrected chi connectivity index (χ0v) is 5.39. The molecule has 0 unspecified atom stereocenters. The predicted molar refractivity (Wildman–Crippen MR) is 29.9 cm³/mol. The molecule has 1 aliphatic rings. The first kappa shape index (κ1) is 7.80. The molecule has 1 heterocycles. The molecule has 1 rings (SSSR count). The molecule has 2 atom stereocenters. The fourth-order valence-corrected chi connectivity index (χ4v) is 0.656. The van der Waals surface area contributed by atoms with E-state index in [9.17, 15) is 9.59 Å². The third-order valence-corrected chi connectivity index (χ3v) is 1.22. The quantitative estimate of drug-likeness (QED) is 0.504. The molecule has 0 bridgehead atoms. The van der Waals surface area contributed by atoms with E-state index in [1.165, 1.54) is 0 Å². The Labute approximate surface area is 61.3 Å². The van der Waals surface area contributed by atoms with Gasteiger partial charge in [0, 0.05) is 0 Å². The summed E-state index contributed by atoms with van der Waals surface area (Å²) in [6.07, 6.45) is -3.74. The van der Waals surface area contributed by atoms with E-state index in [0.717, 1.165) is 0 Å². The van der Waals surface area contributed by atoms with Gasteiger partial charge in [0.1, 0.15) is 6.61 Å². The number of carbonyl (C=O) groups is 2. The van der Waals surface area contributed by atoms with Crippen LogP contribution in [0.3, 0.4) is 0 Å². The van der Waals surface area contributed by atoms with Crippen molar-refractivity contribution in [2.24, 2.45) is 0 Å². The van der Waals surface area contributed by atoms with Gasteiger partial charge in [0.15, 0.2) is 12.2 Å². The lowest BCUT2D eigenvalue weighted by Crippen LogP contribution is -2.35. The first-order chi connectivity index (χ1) is 5.11. The highest BCUT2D eigenvalue weighted by Gasteiger charge is 2.35. The standard InChI is InChI=1S/C5H6O6/c6-3(4(7)8)2-1-10-5(9)11-2/h2-3,6H,1H2,(H,7,8)/t2-,3-/m1/s1. The average molecular weight is 162 g/mol. The zero-order valence-electron chi connectivity index (χ0n) is 5.39. The number of ether oxygens (including phenoxy) is 2. The number of aliphatic carboxylic acids is 1. The molecule has 62 valence electrons. The van der Waals surface area contributed by atoms with Crippen LogP contribution in [0.25, 0.3) is 0 Å². The molecular weight excluding hydrogens is 156 g/mol. The number of hydrogen-bond donors (Lipinski definition) is 2. The number of hydrogen-bond acceptors (Lipinski definition) is 5. The molecule has 1 aliphatic heterocycles. The van der Waals surface area contributed by atoms with Gasteiger partial charge in [-0.05, 0) is 0 Å². The summed E-state index contributed by atoms with van der Waals surface area (Å²) in [4.78, 5) is 20.3. The summed E-state index contributed by atoms with van der Waals surface area (Å²) in [5, 5.41) is 17.0. The lowest BCUT2D eigenvalue weighted by atomic mass is 10.2. The average Bonchev–Trinajstić information content (AvgIpc) is 2.34. The summed E-state index contributed by atoms with van der Waals surface area (Å²) >= 11 is 0. The smallest absolute Gasteiger partial charge is 0.479 e. The molecule has 1 fully saturated rings. The van der Waals surface area contributed by atoms with Gasteiger partial charge in [0.2, 0.25) is 0 Å². The van der Waals surface area contributed by atoms with E-state index in [2.05, 4.69) is 9.47 Å². The van der Waals surface area contributed by atoms with Gasteiger partial charge in [-0.3, -0.25) is 0 Å². The van der Waals surface area contributed by atoms with E-state index in [-0.39, 0.29) is 6.61 Å². The highest BCUT2D eigenvalue weighted by Crippen LogP contribution is 2.09. The number of carboxylic acids is 1. The van der Waals surface area contributed by atoms with E-state index in [1.807, 2.05) is 0 Å². The Bertz CT molecular complexity index is 187. The van der Waals surface area contributed by atoms with Crippen LogP contribution in [0.4, 0.5) is 4.79 Å². The van der Waals surface area contributed by atoms with Crippen molar-refractivity contribution in [3.63, 3.8) is 0 Å². The van der Waals surface area contributed by atoms with Crippen LogP contribution < -0.4 is 0 Å². The molecule has 0 amide bonds. The largest absolute Gasteiger partial charge is 0.508 e. The first-order valence-corrected chi connectivity index (χ1v) is 2.85. The monoisotopic (exact) mass is 162 g/mol. The Morgan fingerprint density at radius 3 is 2.73 bits per heavy atom. The Kier molecular flexibility index (Phi) is 1.95. The SMILES string of the molecule is O=C1OC[C@H]([C@@H](O)C(=O)O)O1. The Balaban J connectivity index is 2.49. The van der Waals surface area contributed by atoms with Crippen molar-refractivity contribution in [1.82, 2.24) is 0 Å². The van der Waals surface area contributed by atoms with Crippen LogP contribution in [-0.2, 0) is 14.3 Å². The van der Waals surface area contributed by atoms with Crippen LogP contribution in [0.15, 0.2) is 0 Å². The van der Waals surface area contributed by atoms with Crippen molar-refractivity contribution < 1.29 is 29.3 Å². The van der Waals surface area contributed by atoms with E-state index in [1.54, 1.807) is 0 Å². The molecule has 6 heteroatoms. The van der Waals surface area contributed by atoms with Crippen molar-refractivity contribution in [2.75, 3.05) is 6.61 Å². The van der Waals surface area contributed by atoms with E-state index >= 15 is 0 Å². The maximum Gasteiger partial charge on any atom is 0.508 e. The number of carboxylic acid groups (broad SMARTS) is 1. The van der Waals surface area contributed by atoms with Gasteiger partial charge in [0.05, 0.1) is 0 Å². The molecule has 0 aliphatic carbocycles. The second kappa shape index (κ2) is 2.75. The number of rotatable bonds is 2. The lowest BCUT2D eigenvalue weighted by Gasteiger charge is -2.08. The fraction of sp³-hybridized carbons (Fsp3) is 0.600. The summed E-state index contributed by atoms with van der Waals surface area (Å²) < 4.78 is 8.54. The molecule has 0 spiro atoms. The van der Waals surface area contributed by atoms with Gasteiger partial charge in [-0.2, -0.15) is 0 Å². The minimum atomic E-state index is -1.71. The van der Waals surface area contributed by atoms with Crippen molar-refractivity contribution in [1.29, 1.82) is 0 Å². The maximum absolute atomic E-state index is 10.2. The Morgan fingerprint density at radius 1 is 1.73 bits per heavy atom. The summed E-state index contributed by atoms with van der Waals surface area (Å²) in [6, 6.07) is 0. The molecule has 1 saturated heterocycles. The zero-order chi connectivity index (χ0) is 8.43. The summed E-state index contributed by atoms with van der Waals surface area (Å²) in [6.45, 7) is -0.216. The summed E-state index contributed by atoms with van der Waals surface area (Å²) in [5.74, 6) is -1.44. The highest BCUT2D eigenvalue weighted by molar-refractivity contribution is 5.74. The van der Waals surface area contributed by atoms with Crippen LogP contribution in [0, 0.1) is 0 Å². The van der Waals surface area contributed by atoms with Gasteiger partial charge in [-0.15, -0.1) is 0 Å². The van der Waals surface area contributed by atoms with Gasteiger partial charge in [-0.1, -0.05) is 0 Å². The number of cyclic esters (lactones) is 2. The molecule has 0 aromatic heterocycles. The Morgan fingerprint density at radius 2 is 2.36 bits per heavy atom. The first-order valence-electron chi connectivity index (χ1n) is 2.85. The molecule has 6 nitrogen and oxygen atoms in total. The molecule has 2 N–H and O–H groups in total. The minimum Gasteiger partial charge on any atom is -0.479 e. The minimum absolute atomic E-state index is 0.216. The summed E-state index contributed by atoms with van der Waals surface area (Å²) in [7, 11) is 0. The molecular formula is C5H6O6. The molecule has 0 aromatic rings. The number of aliphatic hydroxyl groups excluding tert-OH is 1. The number of aliphatic hydroxyl groups is 1. The van der Waals surface area contributed by atoms with Crippen molar-refractivity contribution in [2.45, 2.75) is 12.2 Å². The van der Waals surface area contributed by atoms with Gasteiger partial charge in [0.25, 0.3) is 0 Å². The van der Waals surface area contributed by atoms with Crippen molar-refractivity contribution >= 4 is 12.1 Å². The normalized spacial score (nSPS) is 25.5. The van der Waals surface area contributed by atoms with Gasteiger partial charge in [-0.25, -0.2) is 9.59 Å². The topological polar surface area (TPSA) is 93.1 Å². The predicted octanol–water partition coefficient (Wildman–Crippen LogP) is -1.03. The van der Waals surface area contributed by atoms with Gasteiger partial charge < -0.3 is 19.7 Å². The third kappa shape index (κ3) is 1.58. The van der Waals surface area contributed by atoms with Crippen LogP contribution >= 0.6 is 0 Å². The van der Waals surface area contributed by atoms with Gasteiger partial charge >= 0.3 is 12.1 Å². The third-order valence-electron chi connectivity index (χ3n) is 1.22. The van der Waals surface area contributed by atoms with Crippen LogP contribution in [-0.4, -0.2) is 41.2 Å². The van der Waals surface area contributed by atoms with Crippen molar-refractivity contribution in [3.05, 3.63) is 0 Å². The van der Waals surface area contributed by atoms with Crippen molar-refractivity contribution in [3.8, 4) is 0 Å². The second-order valence-corrected chi connectivity index (χ2v) is 2.00. The summed E-state index contributed by atoms with van der Waals surface area (Å²) in [5.41, 5.74) is 0. The fourth-order valence-electron chi connectivity index (χ4n) is 0.656. The highest BCUT2D eigenvalue weighted by atomic mass is 16.8. The molecule has 0 radical (unpaired) electrons. The Hall–Kier alpha value is -1.30. The molecule has 11 heavy (non-hydrogen) atoms. The van der Waals surface area contributed by atoms with E-state index < -0.39 is 24.3 Å². The second-order valence-electron chi connectivity index (χ2n) is 2.00. The lowest BCUT2D eigenvalue weighted by molar-refractivity contribution is -0.151. The molecule has 0 saturated carbocycles. The van der Waals surface area contributed by atoms with E-state index in [0.29, 0.717) is 0 Å². The van der Waals surface area contributed by atoms with Crippen LogP contribution in [0.2, 0.25) is 0 Å². The van der Waals surface area contributed by atoms with Crippen LogP contribution in [0.1, 0.15) is 0 Å². The van der Waals surface area contributed by atoms with Crippen LogP contribution in [0.5, 0.6) is 0 Å². The van der Waals surface area contributed by atoms with E-state index in [4.69, 9.17) is 10.2 Å². The maximum atomic E-state index is 10.2.